The van der Waals surface area contributed by atoms with Crippen molar-refractivity contribution in [2.45, 2.75) is 52.5 Å². The molecule has 2 aromatic carbocycles. The van der Waals surface area contributed by atoms with Gasteiger partial charge in [0.2, 0.25) is 11.8 Å². The quantitative estimate of drug-likeness (QED) is 0.534. The number of benzene rings is 2. The van der Waals surface area contributed by atoms with Crippen molar-refractivity contribution in [1.29, 1.82) is 0 Å². The smallest absolute Gasteiger partial charge is 0.242 e. The maximum absolute atomic E-state index is 13.9. The number of thioether (sulfide) groups is 1. The van der Waals surface area contributed by atoms with Gasteiger partial charge in [0.15, 0.2) is 0 Å². The van der Waals surface area contributed by atoms with Crippen molar-refractivity contribution in [2.75, 3.05) is 12.3 Å². The molecule has 2 aromatic rings. The van der Waals surface area contributed by atoms with E-state index >= 15 is 0 Å². The third-order valence-corrected chi connectivity index (χ3v) is 5.91. The SMILES string of the molecule is CC[C@H](C(=O)NCC(C)C)N(Cc1cccc(C)c1)C(=O)CSCc1ccccc1F. The predicted octanol–water partition coefficient (Wildman–Crippen LogP) is 4.95. The molecule has 0 unspecified atom stereocenters. The van der Waals surface area contributed by atoms with Gasteiger partial charge in [0.25, 0.3) is 0 Å². The van der Waals surface area contributed by atoms with Crippen LogP contribution in [0.5, 0.6) is 0 Å². The molecule has 0 bridgehead atoms. The highest BCUT2D eigenvalue weighted by Gasteiger charge is 2.28. The first kappa shape index (κ1) is 24.9. The van der Waals surface area contributed by atoms with Gasteiger partial charge in [0.05, 0.1) is 5.75 Å². The molecule has 0 saturated heterocycles. The van der Waals surface area contributed by atoms with E-state index in [1.165, 1.54) is 17.8 Å². The van der Waals surface area contributed by atoms with Gasteiger partial charge in [0.1, 0.15) is 11.9 Å². The van der Waals surface area contributed by atoms with Crippen molar-refractivity contribution in [3.05, 3.63) is 71.0 Å². The maximum atomic E-state index is 13.9. The number of nitrogens with zero attached hydrogens (tertiary/aromatic N) is 1. The average Bonchev–Trinajstić information content (AvgIpc) is 2.73. The number of rotatable bonds is 11. The molecular formula is C25H33FN2O2S. The zero-order chi connectivity index (χ0) is 22.8. The Balaban J connectivity index is 2.13. The summed E-state index contributed by atoms with van der Waals surface area (Å²) in [6, 6.07) is 14.0. The van der Waals surface area contributed by atoms with Crippen LogP contribution in [0, 0.1) is 18.7 Å². The van der Waals surface area contributed by atoms with Gasteiger partial charge in [-0.1, -0.05) is 68.8 Å². The Morgan fingerprint density at radius 3 is 2.52 bits per heavy atom. The van der Waals surface area contributed by atoms with Crippen LogP contribution in [0.3, 0.4) is 0 Å². The average molecular weight is 445 g/mol. The van der Waals surface area contributed by atoms with E-state index in [4.69, 9.17) is 0 Å². The third kappa shape index (κ3) is 8.02. The molecule has 0 spiro atoms. The second kappa shape index (κ2) is 12.5. The number of halogens is 1. The van der Waals surface area contributed by atoms with Crippen LogP contribution in [0.15, 0.2) is 48.5 Å². The van der Waals surface area contributed by atoms with E-state index in [2.05, 4.69) is 5.32 Å². The number of aryl methyl sites for hydroxylation is 1. The molecular weight excluding hydrogens is 411 g/mol. The van der Waals surface area contributed by atoms with Crippen molar-refractivity contribution < 1.29 is 14.0 Å². The summed E-state index contributed by atoms with van der Waals surface area (Å²) in [6.07, 6.45) is 0.527. The number of nitrogens with one attached hydrogen (secondary N) is 1. The van der Waals surface area contributed by atoms with E-state index in [0.717, 1.165) is 11.1 Å². The first-order valence-electron chi connectivity index (χ1n) is 10.8. The lowest BCUT2D eigenvalue weighted by Crippen LogP contribution is -2.50. The summed E-state index contributed by atoms with van der Waals surface area (Å²) in [7, 11) is 0. The first-order valence-corrected chi connectivity index (χ1v) is 11.9. The molecule has 0 aliphatic carbocycles. The minimum absolute atomic E-state index is 0.116. The van der Waals surface area contributed by atoms with Gasteiger partial charge >= 0.3 is 0 Å². The Labute approximate surface area is 189 Å². The Morgan fingerprint density at radius 2 is 1.87 bits per heavy atom. The number of carbonyl (C=O) groups is 2. The second-order valence-electron chi connectivity index (χ2n) is 8.16. The fraction of sp³-hybridized carbons (Fsp3) is 0.440. The van der Waals surface area contributed by atoms with Crippen LogP contribution in [0.25, 0.3) is 0 Å². The van der Waals surface area contributed by atoms with Gasteiger partial charge in [0, 0.05) is 18.8 Å². The Morgan fingerprint density at radius 1 is 1.13 bits per heavy atom. The third-order valence-electron chi connectivity index (χ3n) is 4.95. The summed E-state index contributed by atoms with van der Waals surface area (Å²) < 4.78 is 13.9. The van der Waals surface area contributed by atoms with Crippen molar-refractivity contribution in [3.63, 3.8) is 0 Å². The standard InChI is InChI=1S/C25H33FN2O2S/c1-5-23(25(30)27-14-18(2)3)28(15-20-10-8-9-19(4)13-20)24(29)17-31-16-21-11-6-7-12-22(21)26/h6-13,18,23H,5,14-17H2,1-4H3,(H,27,30)/t23-/m1/s1. The number of carbonyl (C=O) groups excluding carboxylic acids is 2. The Kier molecular flexibility index (Phi) is 10.0. The minimum atomic E-state index is -0.541. The highest BCUT2D eigenvalue weighted by molar-refractivity contribution is 7.99. The summed E-state index contributed by atoms with van der Waals surface area (Å²) in [5.74, 6) is 0.421. The van der Waals surface area contributed by atoms with Gasteiger partial charge in [-0.05, 0) is 36.5 Å². The molecule has 2 amide bonds. The zero-order valence-electron chi connectivity index (χ0n) is 18.9. The number of hydrogen-bond acceptors (Lipinski definition) is 3. The topological polar surface area (TPSA) is 49.4 Å². The molecule has 31 heavy (non-hydrogen) atoms. The van der Waals surface area contributed by atoms with E-state index in [1.807, 2.05) is 52.0 Å². The van der Waals surface area contributed by atoms with Crippen molar-refractivity contribution in [1.82, 2.24) is 10.2 Å². The molecule has 0 heterocycles. The van der Waals surface area contributed by atoms with Crippen LogP contribution in [0.2, 0.25) is 0 Å². The monoisotopic (exact) mass is 444 g/mol. The van der Waals surface area contributed by atoms with Crippen LogP contribution in [-0.4, -0.2) is 35.1 Å². The lowest BCUT2D eigenvalue weighted by Gasteiger charge is -2.31. The van der Waals surface area contributed by atoms with Crippen LogP contribution in [0.1, 0.15) is 43.9 Å². The molecule has 0 aromatic heterocycles. The molecule has 0 aliphatic heterocycles. The Bertz CT molecular complexity index is 872. The van der Waals surface area contributed by atoms with Crippen molar-refractivity contribution >= 4 is 23.6 Å². The second-order valence-corrected chi connectivity index (χ2v) is 9.14. The van der Waals surface area contributed by atoms with Crippen molar-refractivity contribution in [3.8, 4) is 0 Å². The lowest BCUT2D eigenvalue weighted by molar-refractivity contribution is -0.139. The molecule has 0 radical (unpaired) electrons. The van der Waals surface area contributed by atoms with Crippen LogP contribution in [0.4, 0.5) is 4.39 Å². The molecule has 1 N–H and O–H groups in total. The molecule has 2 rings (SSSR count). The molecule has 6 heteroatoms. The van der Waals surface area contributed by atoms with Gasteiger partial charge in [-0.15, -0.1) is 11.8 Å². The Hall–Kier alpha value is -2.34. The molecule has 4 nitrogen and oxygen atoms in total. The van der Waals surface area contributed by atoms with E-state index in [1.54, 1.807) is 23.1 Å². The van der Waals surface area contributed by atoms with Gasteiger partial charge in [-0.25, -0.2) is 4.39 Å². The summed E-state index contributed by atoms with van der Waals surface area (Å²) in [6.45, 7) is 8.94. The first-order chi connectivity index (χ1) is 14.8. The number of hydrogen-bond donors (Lipinski definition) is 1. The summed E-state index contributed by atoms with van der Waals surface area (Å²) >= 11 is 1.37. The highest BCUT2D eigenvalue weighted by atomic mass is 32.2. The molecule has 0 aliphatic rings. The fourth-order valence-corrected chi connectivity index (χ4v) is 4.19. The summed E-state index contributed by atoms with van der Waals surface area (Å²) in [5.41, 5.74) is 2.67. The zero-order valence-corrected chi connectivity index (χ0v) is 19.7. The van der Waals surface area contributed by atoms with Gasteiger partial charge in [-0.3, -0.25) is 9.59 Å². The summed E-state index contributed by atoms with van der Waals surface area (Å²) in [5, 5.41) is 2.97. The van der Waals surface area contributed by atoms with Crippen LogP contribution < -0.4 is 5.32 Å². The number of amides is 2. The molecule has 0 fully saturated rings. The van der Waals surface area contributed by atoms with Crippen molar-refractivity contribution in [2.24, 2.45) is 5.92 Å². The lowest BCUT2D eigenvalue weighted by atomic mass is 10.1. The van der Waals surface area contributed by atoms with Gasteiger partial charge < -0.3 is 10.2 Å². The highest BCUT2D eigenvalue weighted by Crippen LogP contribution is 2.19. The van der Waals surface area contributed by atoms with Gasteiger partial charge in [-0.2, -0.15) is 0 Å². The largest absolute Gasteiger partial charge is 0.354 e. The summed E-state index contributed by atoms with van der Waals surface area (Å²) in [4.78, 5) is 27.7. The molecule has 1 atom stereocenters. The van der Waals surface area contributed by atoms with E-state index in [0.29, 0.717) is 36.7 Å². The van der Waals surface area contributed by atoms with Crippen LogP contribution in [-0.2, 0) is 21.9 Å². The normalized spacial score (nSPS) is 11.9. The molecule has 0 saturated carbocycles. The maximum Gasteiger partial charge on any atom is 0.242 e. The van der Waals surface area contributed by atoms with E-state index < -0.39 is 6.04 Å². The van der Waals surface area contributed by atoms with Crippen LogP contribution >= 0.6 is 11.8 Å². The van der Waals surface area contributed by atoms with E-state index in [9.17, 15) is 14.0 Å². The predicted molar refractivity (Wildman–Crippen MR) is 126 cm³/mol. The fourth-order valence-electron chi connectivity index (χ4n) is 3.30. The minimum Gasteiger partial charge on any atom is -0.354 e. The molecule has 168 valence electrons. The van der Waals surface area contributed by atoms with E-state index in [-0.39, 0.29) is 23.4 Å².